The Hall–Kier alpha value is -4.58. The number of fused-ring (bicyclic) bond motifs is 1. The Labute approximate surface area is 228 Å². The molecule has 12 nitrogen and oxygen atoms in total. The van der Waals surface area contributed by atoms with E-state index in [1.807, 2.05) is 37.5 Å². The largest absolute Gasteiger partial charge is 0.435 e. The fraction of sp³-hybridized carbons (Fsp3) is 0.357. The first-order chi connectivity index (χ1) is 19.4. The van der Waals surface area contributed by atoms with Gasteiger partial charge in [-0.2, -0.15) is 10.2 Å². The van der Waals surface area contributed by atoms with Crippen LogP contribution >= 0.6 is 0 Å². The SMILES string of the molecule is Cn1cc(-c2ccc(-n3ncc4c(=O)n(CC5(O)CCN(C(=O)c6cnc(C7CC7)o6)CC5)cnc43)cc2)cn1. The second-order valence-electron chi connectivity index (χ2n) is 10.8. The van der Waals surface area contributed by atoms with Crippen molar-refractivity contribution in [3.63, 3.8) is 0 Å². The van der Waals surface area contributed by atoms with Crippen molar-refractivity contribution in [1.82, 2.24) is 39.0 Å². The molecule has 0 bridgehead atoms. The summed E-state index contributed by atoms with van der Waals surface area (Å²) in [6.45, 7) is 0.786. The average molecular weight is 541 g/mol. The van der Waals surface area contributed by atoms with Crippen LogP contribution < -0.4 is 5.56 Å². The number of aliphatic hydroxyl groups is 1. The molecule has 2 aliphatic rings. The summed E-state index contributed by atoms with van der Waals surface area (Å²) >= 11 is 0. The number of aromatic nitrogens is 7. The van der Waals surface area contributed by atoms with E-state index >= 15 is 0 Å². The normalized spacial score (nSPS) is 17.0. The third-order valence-corrected chi connectivity index (χ3v) is 7.81. The number of likely N-dealkylation sites (tertiary alicyclic amines) is 1. The molecule has 0 spiro atoms. The Morgan fingerprint density at radius 3 is 2.52 bits per heavy atom. The Bertz CT molecular complexity index is 1770. The van der Waals surface area contributed by atoms with Crippen LogP contribution in [0.2, 0.25) is 0 Å². The first kappa shape index (κ1) is 24.5. The summed E-state index contributed by atoms with van der Waals surface area (Å²) < 4.78 is 10.5. The number of benzene rings is 1. The molecule has 40 heavy (non-hydrogen) atoms. The number of nitrogens with zero attached hydrogens (tertiary/aromatic N) is 8. The van der Waals surface area contributed by atoms with Crippen LogP contribution in [-0.2, 0) is 13.6 Å². The van der Waals surface area contributed by atoms with Gasteiger partial charge in [0.1, 0.15) is 11.7 Å². The van der Waals surface area contributed by atoms with Gasteiger partial charge in [0.05, 0.1) is 36.4 Å². The van der Waals surface area contributed by atoms with Crippen LogP contribution in [0.25, 0.3) is 27.8 Å². The number of hydrogen-bond acceptors (Lipinski definition) is 8. The number of hydrogen-bond donors (Lipinski definition) is 1. The van der Waals surface area contributed by atoms with Crippen LogP contribution in [0, 0.1) is 0 Å². The van der Waals surface area contributed by atoms with Gasteiger partial charge >= 0.3 is 0 Å². The molecule has 1 N–H and O–H groups in total. The Balaban J connectivity index is 1.05. The third kappa shape index (κ3) is 4.39. The zero-order valence-electron chi connectivity index (χ0n) is 22.0. The van der Waals surface area contributed by atoms with Crippen LogP contribution in [0.3, 0.4) is 0 Å². The highest BCUT2D eigenvalue weighted by molar-refractivity contribution is 5.91. The zero-order chi connectivity index (χ0) is 27.4. The molecule has 1 aliphatic carbocycles. The van der Waals surface area contributed by atoms with Crippen molar-refractivity contribution in [2.75, 3.05) is 13.1 Å². The summed E-state index contributed by atoms with van der Waals surface area (Å²) in [5, 5.41) is 20.3. The molecule has 0 radical (unpaired) electrons. The predicted molar refractivity (Wildman–Crippen MR) is 144 cm³/mol. The fourth-order valence-corrected chi connectivity index (χ4v) is 5.28. The molecule has 1 aliphatic heterocycles. The van der Waals surface area contributed by atoms with Gasteiger partial charge in [-0.1, -0.05) is 12.1 Å². The van der Waals surface area contributed by atoms with E-state index in [0.717, 1.165) is 29.7 Å². The van der Waals surface area contributed by atoms with E-state index in [4.69, 9.17) is 4.42 Å². The highest BCUT2D eigenvalue weighted by Crippen LogP contribution is 2.39. The van der Waals surface area contributed by atoms with Gasteiger partial charge in [-0.15, -0.1) is 0 Å². The number of carbonyl (C=O) groups is 1. The van der Waals surface area contributed by atoms with Gasteiger partial charge in [0.2, 0.25) is 5.76 Å². The molecule has 4 aromatic heterocycles. The Morgan fingerprint density at radius 2 is 1.82 bits per heavy atom. The third-order valence-electron chi connectivity index (χ3n) is 7.81. The number of aryl methyl sites for hydroxylation is 1. The second-order valence-corrected chi connectivity index (χ2v) is 10.8. The van der Waals surface area contributed by atoms with Crippen LogP contribution in [0.15, 0.2) is 64.6 Å². The fourth-order valence-electron chi connectivity index (χ4n) is 5.28. The highest BCUT2D eigenvalue weighted by Gasteiger charge is 2.36. The van der Waals surface area contributed by atoms with Crippen LogP contribution in [0.5, 0.6) is 0 Å². The lowest BCUT2D eigenvalue weighted by atomic mass is 9.91. The molecule has 204 valence electrons. The molecule has 0 atom stereocenters. The molecular formula is C28H28N8O4. The number of amides is 1. The second kappa shape index (κ2) is 9.26. The number of rotatable bonds is 6. The first-order valence-electron chi connectivity index (χ1n) is 13.4. The van der Waals surface area contributed by atoms with Crippen molar-refractivity contribution in [3.05, 3.63) is 77.4 Å². The van der Waals surface area contributed by atoms with Gasteiger partial charge in [-0.25, -0.2) is 14.6 Å². The van der Waals surface area contributed by atoms with E-state index in [1.165, 1.54) is 23.3 Å². The minimum Gasteiger partial charge on any atom is -0.435 e. The van der Waals surface area contributed by atoms with Gasteiger partial charge < -0.3 is 14.4 Å². The maximum Gasteiger partial charge on any atom is 0.291 e. The summed E-state index contributed by atoms with van der Waals surface area (Å²) in [5.41, 5.74) is 1.83. The molecule has 5 aromatic rings. The molecule has 1 saturated heterocycles. The topological polar surface area (TPSA) is 137 Å². The van der Waals surface area contributed by atoms with Gasteiger partial charge in [-0.3, -0.25) is 18.8 Å². The predicted octanol–water partition coefficient (Wildman–Crippen LogP) is 2.52. The molecule has 1 saturated carbocycles. The van der Waals surface area contributed by atoms with E-state index in [-0.39, 0.29) is 23.8 Å². The van der Waals surface area contributed by atoms with Crippen molar-refractivity contribution in [3.8, 4) is 16.8 Å². The zero-order valence-corrected chi connectivity index (χ0v) is 22.0. The monoisotopic (exact) mass is 540 g/mol. The summed E-state index contributed by atoms with van der Waals surface area (Å²) in [7, 11) is 1.87. The van der Waals surface area contributed by atoms with E-state index < -0.39 is 5.60 Å². The first-order valence-corrected chi connectivity index (χ1v) is 13.4. The number of oxazole rings is 1. The minimum atomic E-state index is -1.14. The van der Waals surface area contributed by atoms with Crippen molar-refractivity contribution >= 4 is 16.9 Å². The lowest BCUT2D eigenvalue weighted by Gasteiger charge is -2.38. The van der Waals surface area contributed by atoms with Crippen molar-refractivity contribution in [1.29, 1.82) is 0 Å². The van der Waals surface area contributed by atoms with Gasteiger partial charge in [0, 0.05) is 37.8 Å². The Kier molecular flexibility index (Phi) is 5.66. The molecule has 5 heterocycles. The molecule has 12 heteroatoms. The van der Waals surface area contributed by atoms with Crippen molar-refractivity contribution in [2.45, 2.75) is 43.7 Å². The molecule has 0 unspecified atom stereocenters. The molecule has 1 amide bonds. The quantitative estimate of drug-likeness (QED) is 0.347. The maximum atomic E-state index is 13.3. The summed E-state index contributed by atoms with van der Waals surface area (Å²) in [4.78, 5) is 36.6. The van der Waals surface area contributed by atoms with Crippen molar-refractivity contribution in [2.24, 2.45) is 7.05 Å². The van der Waals surface area contributed by atoms with E-state index in [2.05, 4.69) is 20.2 Å². The van der Waals surface area contributed by atoms with Gasteiger partial charge in [0.15, 0.2) is 11.5 Å². The summed E-state index contributed by atoms with van der Waals surface area (Å²) in [5.74, 6) is 0.982. The summed E-state index contributed by atoms with van der Waals surface area (Å²) in [6, 6.07) is 7.79. The minimum absolute atomic E-state index is 0.0793. The van der Waals surface area contributed by atoms with Crippen LogP contribution in [0.1, 0.15) is 48.0 Å². The molecule has 2 fully saturated rings. The van der Waals surface area contributed by atoms with E-state index in [1.54, 1.807) is 20.5 Å². The Morgan fingerprint density at radius 1 is 1.05 bits per heavy atom. The highest BCUT2D eigenvalue weighted by atomic mass is 16.4. The molecule has 1 aromatic carbocycles. The molecular weight excluding hydrogens is 512 g/mol. The van der Waals surface area contributed by atoms with Crippen LogP contribution in [-0.4, -0.2) is 68.7 Å². The van der Waals surface area contributed by atoms with Crippen LogP contribution in [0.4, 0.5) is 0 Å². The van der Waals surface area contributed by atoms with Crippen molar-refractivity contribution < 1.29 is 14.3 Å². The average Bonchev–Trinajstić information content (AvgIpc) is 3.33. The maximum absolute atomic E-state index is 13.3. The van der Waals surface area contributed by atoms with Gasteiger partial charge in [0.25, 0.3) is 11.5 Å². The smallest absolute Gasteiger partial charge is 0.291 e. The molecule has 7 rings (SSSR count). The number of carbonyl (C=O) groups excluding carboxylic acids is 1. The van der Waals surface area contributed by atoms with E-state index in [0.29, 0.717) is 48.8 Å². The standard InChI is InChI=1S/C28H28N8O4/c1-33-15-20(12-31-33)18-4-6-21(7-5-18)36-24-22(13-32-36)26(37)35(17-30-24)16-28(39)8-10-34(11-9-28)27(38)23-14-29-25(40-23)19-2-3-19/h4-7,12-15,17,19,39H,2-3,8-11,16H2,1H3. The summed E-state index contributed by atoms with van der Waals surface area (Å²) in [6.07, 6.45) is 11.0. The van der Waals surface area contributed by atoms with Gasteiger partial charge in [-0.05, 0) is 43.4 Å². The van der Waals surface area contributed by atoms with E-state index in [9.17, 15) is 14.7 Å². The number of piperidine rings is 1. The lowest BCUT2D eigenvalue weighted by Crippen LogP contribution is -2.49. The lowest BCUT2D eigenvalue weighted by molar-refractivity contribution is -0.0304.